The molecule has 0 amide bonds. The Morgan fingerprint density at radius 3 is 2.52 bits per heavy atom. The second-order valence-corrected chi connectivity index (χ2v) is 7.39. The van der Waals surface area contributed by atoms with Crippen LogP contribution in [-0.4, -0.2) is 25.5 Å². The van der Waals surface area contributed by atoms with Crippen molar-refractivity contribution in [3.8, 4) is 0 Å². The maximum absolute atomic E-state index is 2.46. The fraction of sp³-hybridized carbons (Fsp3) is 0.500. The Balaban J connectivity index is 1.71. The van der Waals surface area contributed by atoms with Crippen LogP contribution in [0.25, 0.3) is 10.8 Å². The summed E-state index contributed by atoms with van der Waals surface area (Å²) in [7, 11) is 4.45. The number of benzene rings is 2. The van der Waals surface area contributed by atoms with Crippen LogP contribution < -0.4 is 0 Å². The van der Waals surface area contributed by atoms with Crippen LogP contribution in [0.15, 0.2) is 42.5 Å². The maximum atomic E-state index is 2.46. The van der Waals surface area contributed by atoms with Gasteiger partial charge in [0.15, 0.2) is 0 Å². The lowest BCUT2D eigenvalue weighted by molar-refractivity contribution is 0.219. The molecule has 2 bridgehead atoms. The fourth-order valence-corrected chi connectivity index (χ4v) is 5.03. The van der Waals surface area contributed by atoms with Gasteiger partial charge in [-0.3, -0.25) is 0 Å². The zero-order valence-electron chi connectivity index (χ0n) is 13.1. The molecule has 0 saturated heterocycles. The topological polar surface area (TPSA) is 3.24 Å². The van der Waals surface area contributed by atoms with E-state index in [0.717, 1.165) is 23.7 Å². The summed E-state index contributed by atoms with van der Waals surface area (Å²) in [4.78, 5) is 2.39. The molecule has 4 rings (SSSR count). The Labute approximate surface area is 128 Å². The van der Waals surface area contributed by atoms with Crippen molar-refractivity contribution in [2.24, 2.45) is 17.8 Å². The summed E-state index contributed by atoms with van der Waals surface area (Å²) >= 11 is 0. The monoisotopic (exact) mass is 279 g/mol. The summed E-state index contributed by atoms with van der Waals surface area (Å²) in [5.74, 6) is 3.55. The molecule has 2 saturated carbocycles. The first kappa shape index (κ1) is 13.3. The quantitative estimate of drug-likeness (QED) is 0.798. The van der Waals surface area contributed by atoms with Crippen LogP contribution in [0.2, 0.25) is 0 Å². The molecule has 1 heteroatoms. The highest BCUT2D eigenvalue weighted by atomic mass is 15.1. The van der Waals surface area contributed by atoms with Gasteiger partial charge < -0.3 is 4.90 Å². The summed E-state index contributed by atoms with van der Waals surface area (Å²) in [6, 6.07) is 16.0. The molecular formula is C20H25N. The molecule has 0 spiro atoms. The molecule has 0 N–H and O–H groups in total. The van der Waals surface area contributed by atoms with Gasteiger partial charge in [-0.15, -0.1) is 0 Å². The molecular weight excluding hydrogens is 254 g/mol. The molecule has 2 aromatic carbocycles. The van der Waals surface area contributed by atoms with E-state index in [9.17, 15) is 0 Å². The van der Waals surface area contributed by atoms with Crippen LogP contribution in [0, 0.1) is 17.8 Å². The highest BCUT2D eigenvalue weighted by Gasteiger charge is 2.47. The Morgan fingerprint density at radius 2 is 1.71 bits per heavy atom. The Kier molecular flexibility index (Phi) is 3.26. The van der Waals surface area contributed by atoms with Crippen molar-refractivity contribution in [2.75, 3.05) is 20.6 Å². The molecule has 0 aliphatic heterocycles. The van der Waals surface area contributed by atoms with Crippen LogP contribution in [0.3, 0.4) is 0 Å². The van der Waals surface area contributed by atoms with Gasteiger partial charge in [0, 0.05) is 6.54 Å². The average molecular weight is 279 g/mol. The molecule has 2 fully saturated rings. The third-order valence-electron chi connectivity index (χ3n) is 5.82. The first-order valence-corrected chi connectivity index (χ1v) is 8.36. The molecule has 21 heavy (non-hydrogen) atoms. The highest BCUT2D eigenvalue weighted by Crippen LogP contribution is 2.56. The van der Waals surface area contributed by atoms with E-state index >= 15 is 0 Å². The largest absolute Gasteiger partial charge is 0.309 e. The fourth-order valence-electron chi connectivity index (χ4n) is 5.03. The van der Waals surface area contributed by atoms with Gasteiger partial charge in [0.1, 0.15) is 0 Å². The van der Waals surface area contributed by atoms with E-state index < -0.39 is 0 Å². The second-order valence-electron chi connectivity index (χ2n) is 7.39. The van der Waals surface area contributed by atoms with Crippen molar-refractivity contribution in [1.29, 1.82) is 0 Å². The number of hydrogen-bond donors (Lipinski definition) is 0. The van der Waals surface area contributed by atoms with Crippen LogP contribution in [0.5, 0.6) is 0 Å². The van der Waals surface area contributed by atoms with E-state index in [-0.39, 0.29) is 0 Å². The zero-order valence-corrected chi connectivity index (χ0v) is 13.1. The minimum Gasteiger partial charge on any atom is -0.309 e. The molecule has 0 unspecified atom stereocenters. The molecule has 0 radical (unpaired) electrons. The van der Waals surface area contributed by atoms with Gasteiger partial charge in [0.05, 0.1) is 0 Å². The number of rotatable bonds is 3. The van der Waals surface area contributed by atoms with E-state index in [4.69, 9.17) is 0 Å². The minimum absolute atomic E-state index is 0.788. The Morgan fingerprint density at radius 1 is 0.952 bits per heavy atom. The minimum atomic E-state index is 0.788. The lowest BCUT2D eigenvalue weighted by Crippen LogP contribution is -2.30. The molecule has 110 valence electrons. The van der Waals surface area contributed by atoms with E-state index in [0.29, 0.717) is 0 Å². The van der Waals surface area contributed by atoms with Crippen LogP contribution in [-0.2, 0) is 0 Å². The summed E-state index contributed by atoms with van der Waals surface area (Å²) in [5, 5.41) is 2.77. The summed E-state index contributed by atoms with van der Waals surface area (Å²) in [6.07, 6.45) is 4.38. The number of nitrogens with zero attached hydrogens (tertiary/aromatic N) is 1. The highest BCUT2D eigenvalue weighted by molar-refractivity contribution is 5.83. The summed E-state index contributed by atoms with van der Waals surface area (Å²) in [6.45, 7) is 1.25. The first-order chi connectivity index (χ1) is 10.2. The molecule has 2 aliphatic rings. The van der Waals surface area contributed by atoms with Crippen molar-refractivity contribution < 1.29 is 0 Å². The van der Waals surface area contributed by atoms with E-state index in [1.54, 1.807) is 5.56 Å². The standard InChI is InChI=1S/C20H25N/c1-21(2)13-19-16-8-10-18(12-16)20(19)17-9-7-14-5-3-4-6-15(14)11-17/h3-7,9,11,16,18-20H,8,10,12-13H2,1-2H3/t16-,18-,19-,20-/m1/s1. The van der Waals surface area contributed by atoms with Crippen LogP contribution >= 0.6 is 0 Å². The molecule has 0 heterocycles. The van der Waals surface area contributed by atoms with Crippen molar-refractivity contribution in [3.05, 3.63) is 48.0 Å². The van der Waals surface area contributed by atoms with E-state index in [1.807, 2.05) is 0 Å². The molecule has 0 aromatic heterocycles. The SMILES string of the molecule is CN(C)C[C@@H]1[C@@H]2CC[C@H](C2)[C@H]1c1ccc2ccccc2c1. The molecule has 2 aliphatic carbocycles. The van der Waals surface area contributed by atoms with Gasteiger partial charge in [-0.25, -0.2) is 0 Å². The van der Waals surface area contributed by atoms with Gasteiger partial charge in [-0.05, 0) is 73.4 Å². The van der Waals surface area contributed by atoms with Crippen molar-refractivity contribution in [1.82, 2.24) is 4.90 Å². The van der Waals surface area contributed by atoms with Crippen molar-refractivity contribution >= 4 is 10.8 Å². The lowest BCUT2D eigenvalue weighted by atomic mass is 9.75. The Hall–Kier alpha value is -1.34. The van der Waals surface area contributed by atoms with Gasteiger partial charge in [-0.2, -0.15) is 0 Å². The molecule has 1 nitrogen and oxygen atoms in total. The maximum Gasteiger partial charge on any atom is 0.00122 e. The number of fused-ring (bicyclic) bond motifs is 3. The van der Waals surface area contributed by atoms with Crippen LogP contribution in [0.1, 0.15) is 30.7 Å². The van der Waals surface area contributed by atoms with Gasteiger partial charge >= 0.3 is 0 Å². The molecule has 4 atom stereocenters. The normalized spacial score (nSPS) is 31.4. The van der Waals surface area contributed by atoms with E-state index in [1.165, 1.54) is 36.6 Å². The average Bonchev–Trinajstić information content (AvgIpc) is 3.07. The van der Waals surface area contributed by atoms with Gasteiger partial charge in [-0.1, -0.05) is 42.5 Å². The second kappa shape index (κ2) is 5.14. The molecule has 2 aromatic rings. The number of hydrogen-bond acceptors (Lipinski definition) is 1. The predicted molar refractivity (Wildman–Crippen MR) is 89.6 cm³/mol. The third kappa shape index (κ3) is 2.28. The van der Waals surface area contributed by atoms with Gasteiger partial charge in [0.25, 0.3) is 0 Å². The van der Waals surface area contributed by atoms with Crippen LogP contribution in [0.4, 0.5) is 0 Å². The third-order valence-corrected chi connectivity index (χ3v) is 5.82. The smallest absolute Gasteiger partial charge is 0.00122 e. The van der Waals surface area contributed by atoms with Gasteiger partial charge in [0.2, 0.25) is 0 Å². The summed E-state index contributed by atoms with van der Waals surface area (Å²) in [5.41, 5.74) is 1.59. The summed E-state index contributed by atoms with van der Waals surface area (Å²) < 4.78 is 0. The first-order valence-electron chi connectivity index (χ1n) is 8.36. The predicted octanol–water partition coefficient (Wildman–Crippen LogP) is 4.53. The lowest BCUT2D eigenvalue weighted by Gasteiger charge is -2.33. The van der Waals surface area contributed by atoms with E-state index in [2.05, 4.69) is 61.5 Å². The zero-order chi connectivity index (χ0) is 14.4. The van der Waals surface area contributed by atoms with Crippen molar-refractivity contribution in [3.63, 3.8) is 0 Å². The van der Waals surface area contributed by atoms with Crippen molar-refractivity contribution in [2.45, 2.75) is 25.2 Å². The Bertz CT molecular complexity index is 645.